The van der Waals surface area contributed by atoms with Gasteiger partial charge in [-0.1, -0.05) is 24.3 Å². The second-order valence-electron chi connectivity index (χ2n) is 7.50. The zero-order valence-electron chi connectivity index (χ0n) is 18.5. The third kappa shape index (κ3) is 5.38. The number of rotatable bonds is 8. The average molecular weight is 476 g/mol. The minimum Gasteiger partial charge on any atom is -0.489 e. The lowest BCUT2D eigenvalue weighted by molar-refractivity contribution is -0.123. The van der Waals surface area contributed by atoms with Gasteiger partial charge in [-0.25, -0.2) is 14.4 Å². The van der Waals surface area contributed by atoms with Crippen molar-refractivity contribution in [2.24, 2.45) is 0 Å². The molecule has 1 aliphatic heterocycles. The van der Waals surface area contributed by atoms with E-state index in [2.05, 4.69) is 10.1 Å². The maximum Gasteiger partial charge on any atom is 0.373 e. The average Bonchev–Trinajstić information content (AvgIpc) is 3.43. The minimum absolute atomic E-state index is 0.0278. The summed E-state index contributed by atoms with van der Waals surface area (Å²) >= 11 is 0. The van der Waals surface area contributed by atoms with Crippen molar-refractivity contribution in [2.75, 3.05) is 7.11 Å². The monoisotopic (exact) mass is 476 g/mol. The molecule has 3 aromatic rings. The van der Waals surface area contributed by atoms with Crippen LogP contribution >= 0.6 is 0 Å². The quantitative estimate of drug-likeness (QED) is 0.287. The van der Waals surface area contributed by atoms with Crippen LogP contribution in [0.3, 0.4) is 0 Å². The lowest BCUT2D eigenvalue weighted by Crippen LogP contribution is -2.30. The van der Waals surface area contributed by atoms with E-state index >= 15 is 0 Å². The molecule has 0 atom stereocenters. The number of imide groups is 1. The number of nitrogens with one attached hydrogen (secondary N) is 1. The Hall–Kier alpha value is -4.86. The van der Waals surface area contributed by atoms with Crippen LogP contribution in [0, 0.1) is 0 Å². The Bertz CT molecular complexity index is 1320. The van der Waals surface area contributed by atoms with Crippen LogP contribution in [-0.2, 0) is 22.7 Å². The van der Waals surface area contributed by atoms with Gasteiger partial charge >= 0.3 is 18.0 Å². The molecular weight excluding hydrogens is 456 g/mol. The Balaban J connectivity index is 1.42. The van der Waals surface area contributed by atoms with Gasteiger partial charge in [-0.2, -0.15) is 0 Å². The normalized spacial score (nSPS) is 14.2. The molecule has 10 heteroatoms. The molecule has 0 unspecified atom stereocenters. The zero-order valence-corrected chi connectivity index (χ0v) is 18.5. The van der Waals surface area contributed by atoms with Crippen molar-refractivity contribution in [2.45, 2.75) is 13.2 Å². The number of methoxy groups -OCH3 is 1. The molecule has 10 nitrogen and oxygen atoms in total. The fourth-order valence-electron chi connectivity index (χ4n) is 3.32. The summed E-state index contributed by atoms with van der Waals surface area (Å²) in [7, 11) is 1.22. The summed E-state index contributed by atoms with van der Waals surface area (Å²) in [5.74, 6) is -1.45. The molecule has 1 aliphatic rings. The number of nitrogens with zero attached hydrogens (tertiary/aromatic N) is 1. The Morgan fingerprint density at radius 3 is 2.57 bits per heavy atom. The predicted octanol–water partition coefficient (Wildman–Crippen LogP) is 3.44. The topological polar surface area (TPSA) is 135 Å². The SMILES string of the molecule is COC(=O)c1ccc(CN2C(=O)NC(=Cc3cccc(OCc4ccc(C(=O)O)cc4)c3)C2=O)o1. The molecule has 1 aromatic heterocycles. The first-order valence-electron chi connectivity index (χ1n) is 10.4. The summed E-state index contributed by atoms with van der Waals surface area (Å²) in [5, 5.41) is 11.5. The van der Waals surface area contributed by atoms with Gasteiger partial charge in [0, 0.05) is 0 Å². The number of furan rings is 1. The lowest BCUT2D eigenvalue weighted by atomic mass is 10.1. The summed E-state index contributed by atoms with van der Waals surface area (Å²) in [5.41, 5.74) is 1.69. The summed E-state index contributed by atoms with van der Waals surface area (Å²) < 4.78 is 15.7. The fourth-order valence-corrected chi connectivity index (χ4v) is 3.32. The number of aromatic carboxylic acids is 1. The largest absolute Gasteiger partial charge is 0.489 e. The van der Waals surface area contributed by atoms with Gasteiger partial charge in [-0.05, 0) is 53.6 Å². The number of benzene rings is 2. The third-order valence-corrected chi connectivity index (χ3v) is 5.10. The van der Waals surface area contributed by atoms with Gasteiger partial charge in [-0.3, -0.25) is 9.69 Å². The highest BCUT2D eigenvalue weighted by Crippen LogP contribution is 2.21. The van der Waals surface area contributed by atoms with Crippen LogP contribution in [0.15, 0.2) is 70.8 Å². The maximum atomic E-state index is 12.8. The molecule has 0 spiro atoms. The Labute approximate surface area is 199 Å². The molecule has 178 valence electrons. The standard InChI is InChI=1S/C25H20N2O8/c1-33-24(31)21-10-9-19(35-21)13-27-22(28)20(26-25(27)32)12-16-3-2-4-18(11-16)34-14-15-5-7-17(8-6-15)23(29)30/h2-12H,13-14H2,1H3,(H,26,32)(H,29,30). The van der Waals surface area contributed by atoms with E-state index in [0.29, 0.717) is 11.3 Å². The molecule has 0 bridgehead atoms. The predicted molar refractivity (Wildman–Crippen MR) is 121 cm³/mol. The molecule has 0 aliphatic carbocycles. The van der Waals surface area contributed by atoms with Crippen molar-refractivity contribution in [1.82, 2.24) is 10.2 Å². The molecule has 4 rings (SSSR count). The van der Waals surface area contributed by atoms with Crippen molar-refractivity contribution in [3.63, 3.8) is 0 Å². The van der Waals surface area contributed by atoms with E-state index in [1.54, 1.807) is 36.4 Å². The van der Waals surface area contributed by atoms with E-state index in [0.717, 1.165) is 10.5 Å². The molecule has 2 N–H and O–H groups in total. The van der Waals surface area contributed by atoms with Gasteiger partial charge in [0.15, 0.2) is 0 Å². The summed E-state index contributed by atoms with van der Waals surface area (Å²) in [6, 6.07) is 15.6. The van der Waals surface area contributed by atoms with E-state index in [1.165, 1.54) is 37.5 Å². The van der Waals surface area contributed by atoms with Crippen LogP contribution in [0.2, 0.25) is 0 Å². The van der Waals surface area contributed by atoms with E-state index in [-0.39, 0.29) is 35.9 Å². The number of hydrogen-bond donors (Lipinski definition) is 2. The number of amides is 3. The third-order valence-electron chi connectivity index (χ3n) is 5.10. The number of urea groups is 1. The second kappa shape index (κ2) is 9.96. The number of carbonyl (C=O) groups is 4. The van der Waals surface area contributed by atoms with Crippen LogP contribution in [0.1, 0.15) is 37.8 Å². The highest BCUT2D eigenvalue weighted by atomic mass is 16.5. The molecule has 35 heavy (non-hydrogen) atoms. The Kier molecular flexibility index (Phi) is 6.63. The first kappa shape index (κ1) is 23.3. The smallest absolute Gasteiger partial charge is 0.373 e. The first-order chi connectivity index (χ1) is 16.8. The number of esters is 1. The van der Waals surface area contributed by atoms with E-state index in [9.17, 15) is 19.2 Å². The molecule has 2 heterocycles. The summed E-state index contributed by atoms with van der Waals surface area (Å²) in [6.07, 6.45) is 1.52. The van der Waals surface area contributed by atoms with Crippen molar-refractivity contribution in [3.05, 3.63) is 94.6 Å². The van der Waals surface area contributed by atoms with Gasteiger partial charge in [0.05, 0.1) is 19.2 Å². The first-order valence-corrected chi connectivity index (χ1v) is 10.4. The van der Waals surface area contributed by atoms with Crippen molar-refractivity contribution >= 4 is 30.0 Å². The number of carboxylic acids is 1. The number of carboxylic acid groups (broad SMARTS) is 1. The highest BCUT2D eigenvalue weighted by molar-refractivity contribution is 6.13. The molecule has 1 fully saturated rings. The molecular formula is C25H20N2O8. The molecule has 1 saturated heterocycles. The lowest BCUT2D eigenvalue weighted by Gasteiger charge is -2.09. The Morgan fingerprint density at radius 1 is 1.09 bits per heavy atom. The van der Waals surface area contributed by atoms with Crippen LogP contribution in [-0.4, -0.2) is 41.0 Å². The molecule has 0 saturated carbocycles. The van der Waals surface area contributed by atoms with E-state index < -0.39 is 23.9 Å². The van der Waals surface area contributed by atoms with Crippen molar-refractivity contribution < 1.29 is 38.2 Å². The summed E-state index contributed by atoms with van der Waals surface area (Å²) in [4.78, 5) is 48.5. The van der Waals surface area contributed by atoms with Gasteiger partial charge in [-0.15, -0.1) is 0 Å². The van der Waals surface area contributed by atoms with Crippen molar-refractivity contribution in [1.29, 1.82) is 0 Å². The van der Waals surface area contributed by atoms with E-state index in [1.807, 2.05) is 0 Å². The molecule has 3 amide bonds. The summed E-state index contributed by atoms with van der Waals surface area (Å²) in [6.45, 7) is 0.0723. The van der Waals surface area contributed by atoms with Gasteiger partial charge in [0.25, 0.3) is 5.91 Å². The van der Waals surface area contributed by atoms with Crippen LogP contribution in [0.5, 0.6) is 5.75 Å². The van der Waals surface area contributed by atoms with Gasteiger partial charge in [0.1, 0.15) is 23.8 Å². The second-order valence-corrected chi connectivity index (χ2v) is 7.50. The number of carbonyl (C=O) groups excluding carboxylic acids is 3. The number of ether oxygens (including phenoxy) is 2. The maximum absolute atomic E-state index is 12.8. The number of hydrogen-bond acceptors (Lipinski definition) is 7. The van der Waals surface area contributed by atoms with Crippen LogP contribution in [0.4, 0.5) is 4.79 Å². The van der Waals surface area contributed by atoms with Crippen LogP contribution < -0.4 is 10.1 Å². The Morgan fingerprint density at radius 2 is 1.86 bits per heavy atom. The fraction of sp³-hybridized carbons (Fsp3) is 0.120. The minimum atomic E-state index is -1.000. The van der Waals surface area contributed by atoms with Gasteiger partial charge in [0.2, 0.25) is 5.76 Å². The van der Waals surface area contributed by atoms with Crippen molar-refractivity contribution in [3.8, 4) is 5.75 Å². The zero-order chi connectivity index (χ0) is 24.9. The van der Waals surface area contributed by atoms with Gasteiger partial charge < -0.3 is 24.3 Å². The highest BCUT2D eigenvalue weighted by Gasteiger charge is 2.34. The van der Waals surface area contributed by atoms with Crippen LogP contribution in [0.25, 0.3) is 6.08 Å². The van der Waals surface area contributed by atoms with E-state index in [4.69, 9.17) is 14.3 Å². The molecule has 0 radical (unpaired) electrons. The molecule has 2 aromatic carbocycles.